The van der Waals surface area contributed by atoms with Gasteiger partial charge in [-0.3, -0.25) is 19.3 Å². The molecule has 28 heavy (non-hydrogen) atoms. The van der Waals surface area contributed by atoms with Crippen LogP contribution in [0.4, 0.5) is 0 Å². The number of hydrogen-bond acceptors (Lipinski definition) is 4. The van der Waals surface area contributed by atoms with E-state index in [1.54, 1.807) is 9.91 Å². The standard InChI is InChI=1S/C21H27N5O2/c1-16(2)25-15-18(19(22-25)17-8-4-3-5-9-17)14-23-12-13-26(21(28)20(23)27)24-10-6-7-11-24/h3-5,8-9,15-16H,6-7,10-14H2,1-2H3. The summed E-state index contributed by atoms with van der Waals surface area (Å²) in [6.45, 7) is 7.38. The maximum absolute atomic E-state index is 12.8. The zero-order chi connectivity index (χ0) is 19.7. The highest BCUT2D eigenvalue weighted by Crippen LogP contribution is 2.26. The lowest BCUT2D eigenvalue weighted by molar-refractivity contribution is -0.168. The number of nitrogens with zero attached hydrogens (tertiary/aromatic N) is 5. The molecule has 1 aromatic carbocycles. The number of amides is 2. The highest BCUT2D eigenvalue weighted by atomic mass is 16.2. The van der Waals surface area contributed by atoms with Gasteiger partial charge in [-0.25, -0.2) is 5.01 Å². The van der Waals surface area contributed by atoms with Crippen LogP contribution in [0.5, 0.6) is 0 Å². The van der Waals surface area contributed by atoms with Crippen LogP contribution >= 0.6 is 0 Å². The Balaban J connectivity index is 1.56. The summed E-state index contributed by atoms with van der Waals surface area (Å²) in [6, 6.07) is 10.2. The zero-order valence-corrected chi connectivity index (χ0v) is 16.5. The third-order valence-corrected chi connectivity index (χ3v) is 5.46. The van der Waals surface area contributed by atoms with Crippen LogP contribution in [0, 0.1) is 0 Å². The van der Waals surface area contributed by atoms with Crippen LogP contribution in [-0.2, 0) is 16.1 Å². The Hall–Kier alpha value is -2.67. The lowest BCUT2D eigenvalue weighted by Gasteiger charge is -2.38. The van der Waals surface area contributed by atoms with Crippen LogP contribution in [0.2, 0.25) is 0 Å². The maximum Gasteiger partial charge on any atom is 0.326 e. The van der Waals surface area contributed by atoms with Gasteiger partial charge >= 0.3 is 11.8 Å². The van der Waals surface area contributed by atoms with E-state index in [9.17, 15) is 9.59 Å². The molecule has 2 aromatic rings. The number of aromatic nitrogens is 2. The molecule has 148 valence electrons. The monoisotopic (exact) mass is 381 g/mol. The van der Waals surface area contributed by atoms with E-state index in [4.69, 9.17) is 5.10 Å². The summed E-state index contributed by atoms with van der Waals surface area (Å²) in [5.41, 5.74) is 2.86. The highest BCUT2D eigenvalue weighted by Gasteiger charge is 2.37. The summed E-state index contributed by atoms with van der Waals surface area (Å²) >= 11 is 0. The highest BCUT2D eigenvalue weighted by molar-refractivity contribution is 6.35. The van der Waals surface area contributed by atoms with Crippen LogP contribution in [0.25, 0.3) is 11.3 Å². The molecule has 0 unspecified atom stereocenters. The Labute approximate surface area is 165 Å². The van der Waals surface area contributed by atoms with Crippen molar-refractivity contribution >= 4 is 11.8 Å². The van der Waals surface area contributed by atoms with Crippen molar-refractivity contribution in [2.45, 2.75) is 39.3 Å². The van der Waals surface area contributed by atoms with Crippen molar-refractivity contribution in [1.82, 2.24) is 24.7 Å². The Bertz CT molecular complexity index is 855. The first kappa shape index (κ1) is 18.7. The fourth-order valence-corrected chi connectivity index (χ4v) is 3.88. The Morgan fingerprint density at radius 2 is 1.68 bits per heavy atom. The second kappa shape index (κ2) is 7.75. The van der Waals surface area contributed by atoms with Crippen molar-refractivity contribution in [2.75, 3.05) is 26.2 Å². The third kappa shape index (κ3) is 3.54. The molecule has 7 heteroatoms. The van der Waals surface area contributed by atoms with Crippen molar-refractivity contribution in [3.05, 3.63) is 42.1 Å². The lowest BCUT2D eigenvalue weighted by atomic mass is 10.1. The van der Waals surface area contributed by atoms with E-state index in [0.717, 1.165) is 42.8 Å². The fourth-order valence-electron chi connectivity index (χ4n) is 3.88. The average molecular weight is 381 g/mol. The molecule has 3 heterocycles. The normalized spacial score (nSPS) is 18.5. The minimum absolute atomic E-state index is 0.223. The van der Waals surface area contributed by atoms with Gasteiger partial charge in [0.15, 0.2) is 0 Å². The molecule has 2 aliphatic heterocycles. The largest absolute Gasteiger partial charge is 0.328 e. The molecular weight excluding hydrogens is 354 g/mol. The molecule has 2 aliphatic rings. The second-order valence-corrected chi connectivity index (χ2v) is 7.76. The van der Waals surface area contributed by atoms with Crippen molar-refractivity contribution in [3.8, 4) is 11.3 Å². The molecule has 0 bridgehead atoms. The number of benzene rings is 1. The first-order valence-electron chi connectivity index (χ1n) is 10.0. The Morgan fingerprint density at radius 1 is 0.964 bits per heavy atom. The molecule has 7 nitrogen and oxygen atoms in total. The molecule has 0 radical (unpaired) electrons. The second-order valence-electron chi connectivity index (χ2n) is 7.76. The Morgan fingerprint density at radius 3 is 2.36 bits per heavy atom. The van der Waals surface area contributed by atoms with Gasteiger partial charge in [0, 0.05) is 49.5 Å². The quantitative estimate of drug-likeness (QED) is 0.746. The van der Waals surface area contributed by atoms with E-state index >= 15 is 0 Å². The summed E-state index contributed by atoms with van der Waals surface area (Å²) in [5, 5.41) is 8.40. The first-order valence-corrected chi connectivity index (χ1v) is 10.0. The van der Waals surface area contributed by atoms with Crippen LogP contribution < -0.4 is 0 Å². The van der Waals surface area contributed by atoms with E-state index in [0.29, 0.717) is 19.6 Å². The molecule has 0 saturated carbocycles. The van der Waals surface area contributed by atoms with E-state index in [-0.39, 0.29) is 6.04 Å². The molecule has 0 aliphatic carbocycles. The predicted octanol–water partition coefficient (Wildman–Crippen LogP) is 2.31. The zero-order valence-electron chi connectivity index (χ0n) is 16.5. The summed E-state index contributed by atoms with van der Waals surface area (Å²) in [6.07, 6.45) is 4.16. The maximum atomic E-state index is 12.8. The summed E-state index contributed by atoms with van der Waals surface area (Å²) in [5.74, 6) is -0.833. The fraction of sp³-hybridized carbons (Fsp3) is 0.476. The molecule has 2 saturated heterocycles. The minimum Gasteiger partial charge on any atom is -0.328 e. The van der Waals surface area contributed by atoms with Crippen LogP contribution in [0.3, 0.4) is 0 Å². The SMILES string of the molecule is CC(C)n1cc(CN2CCN(N3CCCC3)C(=O)C2=O)c(-c2ccccc2)n1. The summed E-state index contributed by atoms with van der Waals surface area (Å²) in [4.78, 5) is 27.1. The number of rotatable bonds is 5. The van der Waals surface area contributed by atoms with Gasteiger partial charge < -0.3 is 4.90 Å². The molecule has 2 fully saturated rings. The van der Waals surface area contributed by atoms with Crippen LogP contribution in [0.15, 0.2) is 36.5 Å². The molecule has 4 rings (SSSR count). The molecule has 0 atom stereocenters. The topological polar surface area (TPSA) is 61.7 Å². The van der Waals surface area contributed by atoms with Gasteiger partial charge in [-0.1, -0.05) is 30.3 Å². The van der Waals surface area contributed by atoms with Gasteiger partial charge in [0.2, 0.25) is 0 Å². The minimum atomic E-state index is -0.422. The summed E-state index contributed by atoms with van der Waals surface area (Å²) < 4.78 is 1.92. The van der Waals surface area contributed by atoms with Crippen molar-refractivity contribution < 1.29 is 9.59 Å². The van der Waals surface area contributed by atoms with Gasteiger partial charge in [0.1, 0.15) is 0 Å². The number of hydrazine groups is 1. The van der Waals surface area contributed by atoms with Crippen molar-refractivity contribution in [3.63, 3.8) is 0 Å². The third-order valence-electron chi connectivity index (χ3n) is 5.46. The Kier molecular flexibility index (Phi) is 5.17. The van der Waals surface area contributed by atoms with Gasteiger partial charge in [0.25, 0.3) is 0 Å². The molecule has 2 amide bonds. The van der Waals surface area contributed by atoms with E-state index < -0.39 is 11.8 Å². The van der Waals surface area contributed by atoms with E-state index in [2.05, 4.69) is 13.8 Å². The first-order chi connectivity index (χ1) is 13.5. The lowest BCUT2D eigenvalue weighted by Crippen LogP contribution is -2.59. The van der Waals surface area contributed by atoms with Gasteiger partial charge in [-0.05, 0) is 26.7 Å². The number of hydrogen-bond donors (Lipinski definition) is 0. The van der Waals surface area contributed by atoms with Gasteiger partial charge in [-0.2, -0.15) is 5.10 Å². The number of carbonyl (C=O) groups excluding carboxylic acids is 2. The van der Waals surface area contributed by atoms with Crippen LogP contribution in [0.1, 0.15) is 38.3 Å². The van der Waals surface area contributed by atoms with Gasteiger partial charge in [-0.15, -0.1) is 0 Å². The van der Waals surface area contributed by atoms with E-state index in [1.165, 1.54) is 0 Å². The smallest absolute Gasteiger partial charge is 0.326 e. The van der Waals surface area contributed by atoms with Crippen LogP contribution in [-0.4, -0.2) is 62.7 Å². The van der Waals surface area contributed by atoms with Crippen molar-refractivity contribution in [2.24, 2.45) is 0 Å². The number of carbonyl (C=O) groups is 2. The van der Waals surface area contributed by atoms with E-state index in [1.807, 2.05) is 46.2 Å². The molecular formula is C21H27N5O2. The number of piperazine rings is 1. The average Bonchev–Trinajstić information content (AvgIpc) is 3.36. The molecule has 0 spiro atoms. The van der Waals surface area contributed by atoms with Gasteiger partial charge in [0.05, 0.1) is 12.2 Å². The molecule has 1 aromatic heterocycles. The molecule has 0 N–H and O–H groups in total. The predicted molar refractivity (Wildman–Crippen MR) is 106 cm³/mol. The summed E-state index contributed by atoms with van der Waals surface area (Å²) in [7, 11) is 0. The van der Waals surface area contributed by atoms with Crippen molar-refractivity contribution in [1.29, 1.82) is 0 Å².